The number of aromatic nitrogens is 2. The number of nitrogens with zero attached hydrogens (tertiary/aromatic N) is 1. The van der Waals surface area contributed by atoms with Gasteiger partial charge in [-0.25, -0.2) is 0 Å². The SMILES string of the molecule is O=C(Nc1cccc2cccnc12)C1CCc2[nH]c3ccccc3c2C1. The molecule has 1 atom stereocenters. The number of rotatable bonds is 2. The Morgan fingerprint density at radius 1 is 1.08 bits per heavy atom. The molecule has 2 N–H and O–H groups in total. The number of carbonyl (C=O) groups excluding carboxylic acids is 1. The molecule has 1 aliphatic rings. The summed E-state index contributed by atoms with van der Waals surface area (Å²) in [6.07, 6.45) is 4.32. The van der Waals surface area contributed by atoms with Crippen LogP contribution in [0.1, 0.15) is 17.7 Å². The van der Waals surface area contributed by atoms with Gasteiger partial charge in [-0.05, 0) is 43.0 Å². The first-order valence-corrected chi connectivity index (χ1v) is 9.02. The van der Waals surface area contributed by atoms with Crippen LogP contribution in [0.15, 0.2) is 60.8 Å². The lowest BCUT2D eigenvalue weighted by Crippen LogP contribution is -2.28. The zero-order valence-electron chi connectivity index (χ0n) is 14.3. The lowest BCUT2D eigenvalue weighted by atomic mass is 9.85. The molecule has 4 nitrogen and oxygen atoms in total. The Bertz CT molecular complexity index is 1120. The molecule has 0 spiro atoms. The predicted octanol–water partition coefficient (Wildman–Crippen LogP) is 4.46. The van der Waals surface area contributed by atoms with E-state index in [0.717, 1.165) is 41.4 Å². The fourth-order valence-electron chi connectivity index (χ4n) is 4.03. The summed E-state index contributed by atoms with van der Waals surface area (Å²) in [6, 6.07) is 18.2. The van der Waals surface area contributed by atoms with Crippen LogP contribution >= 0.6 is 0 Å². The molecule has 4 heteroatoms. The topological polar surface area (TPSA) is 57.8 Å². The standard InChI is InChI=1S/C22H19N3O/c26-22(25-20-9-3-5-14-6-4-12-23-21(14)20)15-10-11-19-17(13-15)16-7-1-2-8-18(16)24-19/h1-9,12,15,24H,10-11,13H2,(H,25,26). The first-order valence-electron chi connectivity index (χ1n) is 9.02. The van der Waals surface area contributed by atoms with Gasteiger partial charge in [0.1, 0.15) is 0 Å². The summed E-state index contributed by atoms with van der Waals surface area (Å²) in [4.78, 5) is 20.9. The average molecular weight is 341 g/mol. The normalized spacial score (nSPS) is 16.5. The van der Waals surface area contributed by atoms with Gasteiger partial charge in [-0.3, -0.25) is 9.78 Å². The smallest absolute Gasteiger partial charge is 0.227 e. The van der Waals surface area contributed by atoms with E-state index in [0.29, 0.717) is 0 Å². The fraction of sp³-hybridized carbons (Fsp3) is 0.182. The summed E-state index contributed by atoms with van der Waals surface area (Å²) < 4.78 is 0. The van der Waals surface area contributed by atoms with E-state index in [1.54, 1.807) is 6.20 Å². The van der Waals surface area contributed by atoms with Crippen molar-refractivity contribution in [3.8, 4) is 0 Å². The minimum Gasteiger partial charge on any atom is -0.358 e. The minimum absolute atomic E-state index is 0.0133. The van der Waals surface area contributed by atoms with E-state index in [2.05, 4.69) is 33.5 Å². The van der Waals surface area contributed by atoms with Crippen LogP contribution in [0.3, 0.4) is 0 Å². The van der Waals surface area contributed by atoms with Gasteiger partial charge in [-0.2, -0.15) is 0 Å². The van der Waals surface area contributed by atoms with Gasteiger partial charge in [0.05, 0.1) is 11.2 Å². The third-order valence-electron chi connectivity index (χ3n) is 5.36. The molecule has 2 aromatic heterocycles. The summed E-state index contributed by atoms with van der Waals surface area (Å²) in [5.74, 6) is 0.0692. The van der Waals surface area contributed by atoms with Crippen molar-refractivity contribution in [2.75, 3.05) is 5.32 Å². The van der Waals surface area contributed by atoms with Gasteiger partial charge < -0.3 is 10.3 Å². The molecule has 0 aliphatic heterocycles. The van der Waals surface area contributed by atoms with E-state index in [4.69, 9.17) is 0 Å². The molecule has 4 aromatic rings. The third-order valence-corrected chi connectivity index (χ3v) is 5.36. The van der Waals surface area contributed by atoms with Crippen LogP contribution in [0.2, 0.25) is 0 Å². The number of aromatic amines is 1. The molecule has 0 fully saturated rings. The molecule has 0 bridgehead atoms. The Morgan fingerprint density at radius 2 is 1.96 bits per heavy atom. The van der Waals surface area contributed by atoms with Gasteiger partial charge >= 0.3 is 0 Å². The number of benzene rings is 2. The number of para-hydroxylation sites is 2. The molecule has 26 heavy (non-hydrogen) atoms. The first-order chi connectivity index (χ1) is 12.8. The number of carbonyl (C=O) groups is 1. The zero-order valence-corrected chi connectivity index (χ0v) is 14.3. The second-order valence-corrected chi connectivity index (χ2v) is 6.94. The van der Waals surface area contributed by atoms with Gasteiger partial charge in [0.15, 0.2) is 0 Å². The largest absolute Gasteiger partial charge is 0.358 e. The van der Waals surface area contributed by atoms with Crippen molar-refractivity contribution in [3.05, 3.63) is 72.1 Å². The van der Waals surface area contributed by atoms with Gasteiger partial charge in [-0.15, -0.1) is 0 Å². The van der Waals surface area contributed by atoms with Gasteiger partial charge in [0.25, 0.3) is 0 Å². The van der Waals surface area contributed by atoms with Crippen molar-refractivity contribution in [2.24, 2.45) is 5.92 Å². The highest BCUT2D eigenvalue weighted by Crippen LogP contribution is 2.32. The highest BCUT2D eigenvalue weighted by molar-refractivity contribution is 6.01. The van der Waals surface area contributed by atoms with E-state index in [9.17, 15) is 4.79 Å². The zero-order chi connectivity index (χ0) is 17.5. The fourth-order valence-corrected chi connectivity index (χ4v) is 4.03. The third kappa shape index (κ3) is 2.46. The van der Waals surface area contributed by atoms with Crippen molar-refractivity contribution in [3.63, 3.8) is 0 Å². The van der Waals surface area contributed by atoms with Crippen LogP contribution in [0.25, 0.3) is 21.8 Å². The number of anilines is 1. The van der Waals surface area contributed by atoms with Crippen LogP contribution in [-0.4, -0.2) is 15.9 Å². The lowest BCUT2D eigenvalue weighted by molar-refractivity contribution is -0.120. The molecule has 2 aromatic carbocycles. The second kappa shape index (κ2) is 5.99. The van der Waals surface area contributed by atoms with Gasteiger partial charge in [0, 0.05) is 34.1 Å². The van der Waals surface area contributed by atoms with E-state index >= 15 is 0 Å². The van der Waals surface area contributed by atoms with Crippen molar-refractivity contribution in [1.82, 2.24) is 9.97 Å². The first kappa shape index (κ1) is 15.1. The van der Waals surface area contributed by atoms with E-state index in [-0.39, 0.29) is 11.8 Å². The summed E-state index contributed by atoms with van der Waals surface area (Å²) in [5.41, 5.74) is 5.37. The quantitative estimate of drug-likeness (QED) is 0.565. The summed E-state index contributed by atoms with van der Waals surface area (Å²) in [6.45, 7) is 0. The minimum atomic E-state index is -0.0133. The lowest BCUT2D eigenvalue weighted by Gasteiger charge is -2.22. The number of aryl methyl sites for hydroxylation is 1. The van der Waals surface area contributed by atoms with Crippen molar-refractivity contribution in [1.29, 1.82) is 0 Å². The molecule has 5 rings (SSSR count). The number of fused-ring (bicyclic) bond motifs is 4. The van der Waals surface area contributed by atoms with E-state index in [1.165, 1.54) is 16.6 Å². The van der Waals surface area contributed by atoms with Crippen LogP contribution in [0.4, 0.5) is 5.69 Å². The number of nitrogens with one attached hydrogen (secondary N) is 2. The van der Waals surface area contributed by atoms with E-state index in [1.807, 2.05) is 36.4 Å². The van der Waals surface area contributed by atoms with Crippen LogP contribution in [0.5, 0.6) is 0 Å². The van der Waals surface area contributed by atoms with Crippen LogP contribution in [0, 0.1) is 5.92 Å². The Labute approximate surface area is 151 Å². The Hall–Kier alpha value is -3.14. The molecule has 2 heterocycles. The number of hydrogen-bond acceptors (Lipinski definition) is 2. The number of H-pyrrole nitrogens is 1. The van der Waals surface area contributed by atoms with Gasteiger partial charge in [-0.1, -0.05) is 36.4 Å². The molecule has 0 saturated heterocycles. The Balaban J connectivity index is 1.43. The van der Waals surface area contributed by atoms with Crippen molar-refractivity contribution < 1.29 is 4.79 Å². The Morgan fingerprint density at radius 3 is 2.92 bits per heavy atom. The summed E-state index contributed by atoms with van der Waals surface area (Å²) in [7, 11) is 0. The molecule has 1 unspecified atom stereocenters. The molecular weight excluding hydrogens is 322 g/mol. The van der Waals surface area contributed by atoms with Crippen molar-refractivity contribution >= 4 is 33.4 Å². The van der Waals surface area contributed by atoms with Crippen molar-refractivity contribution in [2.45, 2.75) is 19.3 Å². The maximum absolute atomic E-state index is 12.9. The summed E-state index contributed by atoms with van der Waals surface area (Å²) >= 11 is 0. The maximum atomic E-state index is 12.9. The average Bonchev–Trinajstić information content (AvgIpc) is 3.06. The maximum Gasteiger partial charge on any atom is 0.227 e. The molecule has 1 amide bonds. The number of pyridine rings is 1. The summed E-state index contributed by atoms with van der Waals surface area (Å²) in [5, 5.41) is 5.39. The van der Waals surface area contributed by atoms with Gasteiger partial charge in [0.2, 0.25) is 5.91 Å². The molecule has 128 valence electrons. The van der Waals surface area contributed by atoms with Crippen LogP contribution in [-0.2, 0) is 17.6 Å². The number of amides is 1. The van der Waals surface area contributed by atoms with Crippen LogP contribution < -0.4 is 5.32 Å². The Kier molecular flexibility index (Phi) is 3.49. The molecule has 0 saturated carbocycles. The molecule has 0 radical (unpaired) electrons. The highest BCUT2D eigenvalue weighted by Gasteiger charge is 2.27. The van der Waals surface area contributed by atoms with E-state index < -0.39 is 0 Å². The number of hydrogen-bond donors (Lipinski definition) is 2. The predicted molar refractivity (Wildman–Crippen MR) is 104 cm³/mol. The highest BCUT2D eigenvalue weighted by atomic mass is 16.1. The second-order valence-electron chi connectivity index (χ2n) is 6.94. The molecule has 1 aliphatic carbocycles. The monoisotopic (exact) mass is 341 g/mol. The molecular formula is C22H19N3O.